The van der Waals surface area contributed by atoms with Crippen molar-refractivity contribution < 1.29 is 13.2 Å². The Bertz CT molecular complexity index is 646. The minimum Gasteiger partial charge on any atom is -0.497 e. The minimum atomic E-state index is -3.35. The van der Waals surface area contributed by atoms with Crippen LogP contribution < -0.4 is 4.74 Å². The van der Waals surface area contributed by atoms with Crippen LogP contribution in [0.25, 0.3) is 0 Å². The fraction of sp³-hybridized carbons (Fsp3) is 0.143. The summed E-state index contributed by atoms with van der Waals surface area (Å²) >= 11 is 5.75. The second-order valence-electron chi connectivity index (χ2n) is 4.06. The zero-order valence-corrected chi connectivity index (χ0v) is 11.9. The number of benzene rings is 2. The number of hydrogen-bond acceptors (Lipinski definition) is 3. The predicted molar refractivity (Wildman–Crippen MR) is 75.3 cm³/mol. The van der Waals surface area contributed by atoms with Gasteiger partial charge in [0, 0.05) is 5.02 Å². The lowest BCUT2D eigenvalue weighted by Gasteiger charge is -2.06. The number of methoxy groups -OCH3 is 1. The Morgan fingerprint density at radius 2 is 1.58 bits per heavy atom. The highest BCUT2D eigenvalue weighted by molar-refractivity contribution is 7.90. The highest BCUT2D eigenvalue weighted by Crippen LogP contribution is 2.20. The first-order valence-corrected chi connectivity index (χ1v) is 7.65. The first-order chi connectivity index (χ1) is 9.01. The third-order valence-electron chi connectivity index (χ3n) is 2.69. The van der Waals surface area contributed by atoms with E-state index in [2.05, 4.69) is 0 Å². The third kappa shape index (κ3) is 3.49. The van der Waals surface area contributed by atoms with Crippen LogP contribution in [0.15, 0.2) is 53.4 Å². The molecule has 0 bridgehead atoms. The minimum absolute atomic E-state index is 0.0430. The monoisotopic (exact) mass is 296 g/mol. The van der Waals surface area contributed by atoms with Crippen molar-refractivity contribution in [2.24, 2.45) is 0 Å². The molecule has 0 atom stereocenters. The molecule has 3 nitrogen and oxygen atoms in total. The van der Waals surface area contributed by atoms with Crippen molar-refractivity contribution in [2.45, 2.75) is 10.6 Å². The molecule has 0 aliphatic rings. The molecule has 0 aliphatic carbocycles. The number of hydrogen-bond donors (Lipinski definition) is 0. The van der Waals surface area contributed by atoms with E-state index in [-0.39, 0.29) is 10.6 Å². The molecule has 0 spiro atoms. The molecule has 0 aromatic heterocycles. The normalized spacial score (nSPS) is 11.3. The zero-order chi connectivity index (χ0) is 13.9. The molecule has 0 aliphatic heterocycles. The fourth-order valence-corrected chi connectivity index (χ4v) is 3.14. The first kappa shape index (κ1) is 13.9. The SMILES string of the molecule is COc1ccc(CS(=O)(=O)c2ccc(Cl)cc2)cc1. The van der Waals surface area contributed by atoms with Gasteiger partial charge in [-0.1, -0.05) is 23.7 Å². The van der Waals surface area contributed by atoms with Gasteiger partial charge in [-0.25, -0.2) is 8.42 Å². The molecule has 0 saturated carbocycles. The highest BCUT2D eigenvalue weighted by atomic mass is 35.5. The summed E-state index contributed by atoms with van der Waals surface area (Å²) in [5.41, 5.74) is 0.718. The lowest BCUT2D eigenvalue weighted by Crippen LogP contribution is -2.04. The summed E-state index contributed by atoms with van der Waals surface area (Å²) in [7, 11) is -1.78. The maximum atomic E-state index is 12.2. The van der Waals surface area contributed by atoms with E-state index in [0.717, 1.165) is 5.56 Å². The van der Waals surface area contributed by atoms with Crippen LogP contribution >= 0.6 is 11.6 Å². The Hall–Kier alpha value is -1.52. The molecule has 0 amide bonds. The summed E-state index contributed by atoms with van der Waals surface area (Å²) < 4.78 is 29.4. The molecule has 0 saturated heterocycles. The molecule has 2 rings (SSSR count). The summed E-state index contributed by atoms with van der Waals surface area (Å²) in [6, 6.07) is 13.1. The molecule has 5 heteroatoms. The Labute approximate surface area is 117 Å². The molecule has 2 aromatic rings. The van der Waals surface area contributed by atoms with E-state index in [1.165, 1.54) is 12.1 Å². The van der Waals surface area contributed by atoms with E-state index >= 15 is 0 Å². The molecule has 0 radical (unpaired) electrons. The quantitative estimate of drug-likeness (QED) is 0.869. The van der Waals surface area contributed by atoms with Crippen molar-refractivity contribution in [3.05, 3.63) is 59.1 Å². The van der Waals surface area contributed by atoms with Crippen molar-refractivity contribution in [2.75, 3.05) is 7.11 Å². The molecule has 0 N–H and O–H groups in total. The van der Waals surface area contributed by atoms with Gasteiger partial charge in [0.25, 0.3) is 0 Å². The maximum absolute atomic E-state index is 12.2. The Morgan fingerprint density at radius 1 is 1.00 bits per heavy atom. The molecule has 2 aromatic carbocycles. The Morgan fingerprint density at radius 3 is 2.11 bits per heavy atom. The van der Waals surface area contributed by atoms with Gasteiger partial charge in [0.05, 0.1) is 17.8 Å². The summed E-state index contributed by atoms with van der Waals surface area (Å²) in [4.78, 5) is 0.271. The largest absolute Gasteiger partial charge is 0.497 e. The highest BCUT2D eigenvalue weighted by Gasteiger charge is 2.15. The molecule has 19 heavy (non-hydrogen) atoms. The van der Waals surface area contributed by atoms with Gasteiger partial charge in [-0.05, 0) is 42.0 Å². The van der Waals surface area contributed by atoms with E-state index in [1.807, 2.05) is 0 Å². The van der Waals surface area contributed by atoms with Gasteiger partial charge in [-0.2, -0.15) is 0 Å². The van der Waals surface area contributed by atoms with Crippen molar-refractivity contribution in [1.82, 2.24) is 0 Å². The predicted octanol–water partition coefficient (Wildman–Crippen LogP) is 3.32. The van der Waals surface area contributed by atoms with Gasteiger partial charge in [0.15, 0.2) is 9.84 Å². The maximum Gasteiger partial charge on any atom is 0.182 e. The van der Waals surface area contributed by atoms with E-state index in [4.69, 9.17) is 16.3 Å². The van der Waals surface area contributed by atoms with E-state index < -0.39 is 9.84 Å². The van der Waals surface area contributed by atoms with Gasteiger partial charge in [0.1, 0.15) is 5.75 Å². The third-order valence-corrected chi connectivity index (χ3v) is 4.64. The van der Waals surface area contributed by atoms with Crippen LogP contribution in [0.5, 0.6) is 5.75 Å². The smallest absolute Gasteiger partial charge is 0.182 e. The zero-order valence-electron chi connectivity index (χ0n) is 10.3. The number of halogens is 1. The van der Waals surface area contributed by atoms with Gasteiger partial charge in [-0.15, -0.1) is 0 Å². The van der Waals surface area contributed by atoms with Crippen LogP contribution in [0.4, 0.5) is 0 Å². The summed E-state index contributed by atoms with van der Waals surface area (Å²) in [6.45, 7) is 0. The van der Waals surface area contributed by atoms with E-state index in [9.17, 15) is 8.42 Å². The molecule has 0 heterocycles. The van der Waals surface area contributed by atoms with Crippen LogP contribution in [0.3, 0.4) is 0 Å². The molecular formula is C14H13ClO3S. The van der Waals surface area contributed by atoms with Crippen LogP contribution in [0.2, 0.25) is 5.02 Å². The van der Waals surface area contributed by atoms with Crippen molar-refractivity contribution in [3.8, 4) is 5.75 Å². The first-order valence-electron chi connectivity index (χ1n) is 5.62. The average molecular weight is 297 g/mol. The van der Waals surface area contributed by atoms with Gasteiger partial charge < -0.3 is 4.74 Å². The Balaban J connectivity index is 2.23. The molecule has 100 valence electrons. The molecule has 0 unspecified atom stereocenters. The van der Waals surface area contributed by atoms with Crippen molar-refractivity contribution in [1.29, 1.82) is 0 Å². The standard InChI is InChI=1S/C14H13ClO3S/c1-18-13-6-2-11(3-7-13)10-19(16,17)14-8-4-12(15)5-9-14/h2-9H,10H2,1H3. The summed E-state index contributed by atoms with van der Waals surface area (Å²) in [5.74, 6) is 0.658. The lowest BCUT2D eigenvalue weighted by atomic mass is 10.2. The molecular weight excluding hydrogens is 284 g/mol. The number of rotatable bonds is 4. The number of ether oxygens (including phenoxy) is 1. The summed E-state index contributed by atoms with van der Waals surface area (Å²) in [6.07, 6.45) is 0. The van der Waals surface area contributed by atoms with Gasteiger partial charge >= 0.3 is 0 Å². The van der Waals surface area contributed by atoms with Gasteiger partial charge in [-0.3, -0.25) is 0 Å². The second-order valence-corrected chi connectivity index (χ2v) is 6.49. The fourth-order valence-electron chi connectivity index (χ4n) is 1.67. The van der Waals surface area contributed by atoms with Crippen LogP contribution in [0, 0.1) is 0 Å². The van der Waals surface area contributed by atoms with E-state index in [0.29, 0.717) is 10.8 Å². The van der Waals surface area contributed by atoms with Crippen LogP contribution in [-0.4, -0.2) is 15.5 Å². The van der Waals surface area contributed by atoms with E-state index in [1.54, 1.807) is 43.5 Å². The summed E-state index contributed by atoms with van der Waals surface area (Å²) in [5, 5.41) is 0.517. The van der Waals surface area contributed by atoms with Crippen molar-refractivity contribution in [3.63, 3.8) is 0 Å². The lowest BCUT2D eigenvalue weighted by molar-refractivity contribution is 0.414. The average Bonchev–Trinajstić information content (AvgIpc) is 2.40. The Kier molecular flexibility index (Phi) is 4.12. The number of sulfone groups is 1. The van der Waals surface area contributed by atoms with Gasteiger partial charge in [0.2, 0.25) is 0 Å². The topological polar surface area (TPSA) is 43.4 Å². The molecule has 0 fully saturated rings. The second kappa shape index (κ2) is 5.63. The van der Waals surface area contributed by atoms with Crippen LogP contribution in [0.1, 0.15) is 5.56 Å². The van der Waals surface area contributed by atoms with Crippen LogP contribution in [-0.2, 0) is 15.6 Å². The van der Waals surface area contributed by atoms with Crippen molar-refractivity contribution >= 4 is 21.4 Å².